The molecule has 12 heavy (non-hydrogen) atoms. The molecule has 0 fully saturated rings. The molecule has 1 N–H and O–H groups in total. The third kappa shape index (κ3) is 0.966. The van der Waals surface area contributed by atoms with Crippen LogP contribution in [0.5, 0.6) is 5.75 Å². The molecule has 0 amide bonds. The van der Waals surface area contributed by atoms with Gasteiger partial charge in [-0.3, -0.25) is 4.79 Å². The van der Waals surface area contributed by atoms with Crippen LogP contribution in [0.1, 0.15) is 22.3 Å². The number of carbonyl (C=O) groups excluding carboxylic acids is 1. The summed E-state index contributed by atoms with van der Waals surface area (Å²) < 4.78 is 0.663. The predicted molar refractivity (Wildman–Crippen MR) is 48.5 cm³/mol. The van der Waals surface area contributed by atoms with Crippen LogP contribution in [0.2, 0.25) is 0 Å². The quantitative estimate of drug-likeness (QED) is 0.738. The summed E-state index contributed by atoms with van der Waals surface area (Å²) in [6.07, 6.45) is 1.19. The molecule has 0 aliphatic heterocycles. The summed E-state index contributed by atoms with van der Waals surface area (Å²) in [7, 11) is 0. The van der Waals surface area contributed by atoms with Crippen LogP contribution >= 0.6 is 15.9 Å². The first-order valence-electron chi connectivity index (χ1n) is 3.73. The summed E-state index contributed by atoms with van der Waals surface area (Å²) >= 11 is 3.21. The van der Waals surface area contributed by atoms with Crippen LogP contribution in [0.15, 0.2) is 16.6 Å². The van der Waals surface area contributed by atoms with Crippen LogP contribution in [-0.2, 0) is 6.42 Å². The number of benzene rings is 1. The van der Waals surface area contributed by atoms with Crippen molar-refractivity contribution in [2.45, 2.75) is 12.8 Å². The van der Waals surface area contributed by atoms with E-state index in [4.69, 9.17) is 0 Å². The van der Waals surface area contributed by atoms with E-state index in [1.807, 2.05) is 0 Å². The van der Waals surface area contributed by atoms with Gasteiger partial charge in [0.25, 0.3) is 0 Å². The fraction of sp³-hybridized carbons (Fsp3) is 0.222. The number of rotatable bonds is 0. The number of aromatic hydroxyl groups is 1. The van der Waals surface area contributed by atoms with Gasteiger partial charge in [0.1, 0.15) is 5.75 Å². The first-order valence-corrected chi connectivity index (χ1v) is 4.53. The molecule has 0 saturated heterocycles. The van der Waals surface area contributed by atoms with Gasteiger partial charge in [0.15, 0.2) is 5.78 Å². The Morgan fingerprint density at radius 3 is 2.83 bits per heavy atom. The number of phenolic OH excluding ortho intramolecular Hbond substituents is 1. The fourth-order valence-corrected chi connectivity index (χ4v) is 1.87. The number of ketones is 1. The zero-order valence-corrected chi connectivity index (χ0v) is 7.89. The van der Waals surface area contributed by atoms with E-state index in [0.717, 1.165) is 5.56 Å². The molecule has 62 valence electrons. The van der Waals surface area contributed by atoms with Crippen LogP contribution in [-0.4, -0.2) is 10.9 Å². The van der Waals surface area contributed by atoms with Crippen LogP contribution in [0, 0.1) is 0 Å². The maximum atomic E-state index is 11.2. The molecule has 1 aromatic carbocycles. The predicted octanol–water partition coefficient (Wildman–Crippen LogP) is 2.28. The average molecular weight is 227 g/mol. The molecule has 0 aromatic heterocycles. The number of phenols is 1. The van der Waals surface area contributed by atoms with E-state index < -0.39 is 0 Å². The Morgan fingerprint density at radius 1 is 1.33 bits per heavy atom. The lowest BCUT2D eigenvalue weighted by atomic mass is 10.1. The second-order valence-electron chi connectivity index (χ2n) is 2.85. The molecule has 0 unspecified atom stereocenters. The van der Waals surface area contributed by atoms with Crippen LogP contribution in [0.4, 0.5) is 0 Å². The fourth-order valence-electron chi connectivity index (χ4n) is 1.50. The Bertz CT molecular complexity index is 358. The number of hydrogen-bond acceptors (Lipinski definition) is 2. The minimum Gasteiger partial charge on any atom is -0.506 e. The van der Waals surface area contributed by atoms with Gasteiger partial charge in [-0.2, -0.15) is 0 Å². The zero-order chi connectivity index (χ0) is 8.72. The van der Waals surface area contributed by atoms with E-state index in [0.29, 0.717) is 22.9 Å². The molecule has 2 nitrogen and oxygen atoms in total. The zero-order valence-electron chi connectivity index (χ0n) is 6.30. The van der Waals surface area contributed by atoms with Crippen molar-refractivity contribution in [2.75, 3.05) is 0 Å². The highest BCUT2D eigenvalue weighted by atomic mass is 79.9. The first kappa shape index (κ1) is 7.80. The van der Waals surface area contributed by atoms with Gasteiger partial charge in [-0.25, -0.2) is 0 Å². The van der Waals surface area contributed by atoms with Crippen LogP contribution in [0.3, 0.4) is 0 Å². The normalized spacial score (nSPS) is 14.9. The summed E-state index contributed by atoms with van der Waals surface area (Å²) in [5.74, 6) is 0.353. The maximum absolute atomic E-state index is 11.2. The Balaban J connectivity index is 2.68. The SMILES string of the molecule is O=C1CCc2c1ccc(Br)c2O. The number of hydrogen-bond donors (Lipinski definition) is 1. The Hall–Kier alpha value is -0.830. The van der Waals surface area contributed by atoms with Gasteiger partial charge in [0.2, 0.25) is 0 Å². The summed E-state index contributed by atoms with van der Waals surface area (Å²) in [5, 5.41) is 9.54. The molecule has 0 heterocycles. The lowest BCUT2D eigenvalue weighted by Gasteiger charge is -2.02. The van der Waals surface area contributed by atoms with Crippen molar-refractivity contribution in [3.05, 3.63) is 27.7 Å². The number of fused-ring (bicyclic) bond motifs is 1. The van der Waals surface area contributed by atoms with Crippen molar-refractivity contribution in [1.29, 1.82) is 0 Å². The average Bonchev–Trinajstić information content (AvgIpc) is 2.41. The summed E-state index contributed by atoms with van der Waals surface area (Å²) in [5.41, 5.74) is 1.46. The van der Waals surface area contributed by atoms with Crippen LogP contribution < -0.4 is 0 Å². The van der Waals surface area contributed by atoms with E-state index in [9.17, 15) is 9.90 Å². The number of Topliss-reactive ketones (excluding diaryl/α,β-unsaturated/α-hetero) is 1. The van der Waals surface area contributed by atoms with E-state index in [-0.39, 0.29) is 11.5 Å². The monoisotopic (exact) mass is 226 g/mol. The molecule has 0 saturated carbocycles. The van der Waals surface area contributed by atoms with Gasteiger partial charge < -0.3 is 5.11 Å². The van der Waals surface area contributed by atoms with Crippen molar-refractivity contribution in [3.63, 3.8) is 0 Å². The van der Waals surface area contributed by atoms with Gasteiger partial charge in [-0.05, 0) is 34.5 Å². The Kier molecular flexibility index (Phi) is 1.68. The summed E-state index contributed by atoms with van der Waals surface area (Å²) in [4.78, 5) is 11.2. The largest absolute Gasteiger partial charge is 0.506 e. The first-order chi connectivity index (χ1) is 5.70. The topological polar surface area (TPSA) is 37.3 Å². The van der Waals surface area contributed by atoms with Crippen molar-refractivity contribution < 1.29 is 9.90 Å². The van der Waals surface area contributed by atoms with Crippen LogP contribution in [0.25, 0.3) is 0 Å². The van der Waals surface area contributed by atoms with Crippen molar-refractivity contribution in [3.8, 4) is 5.75 Å². The minimum atomic E-state index is 0.132. The van der Waals surface area contributed by atoms with Crippen molar-refractivity contribution in [2.24, 2.45) is 0 Å². The van der Waals surface area contributed by atoms with Crippen molar-refractivity contribution in [1.82, 2.24) is 0 Å². The smallest absolute Gasteiger partial charge is 0.163 e. The molecule has 0 bridgehead atoms. The molecular weight excluding hydrogens is 220 g/mol. The number of carbonyl (C=O) groups is 1. The van der Waals surface area contributed by atoms with Gasteiger partial charge in [-0.1, -0.05) is 0 Å². The van der Waals surface area contributed by atoms with Gasteiger partial charge in [0.05, 0.1) is 4.47 Å². The lowest BCUT2D eigenvalue weighted by molar-refractivity contribution is 0.0994. The second-order valence-corrected chi connectivity index (χ2v) is 3.70. The highest BCUT2D eigenvalue weighted by Gasteiger charge is 2.23. The molecular formula is C9H7BrO2. The van der Waals surface area contributed by atoms with Gasteiger partial charge in [-0.15, -0.1) is 0 Å². The lowest BCUT2D eigenvalue weighted by Crippen LogP contribution is -1.90. The minimum absolute atomic E-state index is 0.132. The van der Waals surface area contributed by atoms with E-state index in [1.165, 1.54) is 0 Å². The van der Waals surface area contributed by atoms with Gasteiger partial charge >= 0.3 is 0 Å². The molecule has 3 heteroatoms. The molecule has 0 radical (unpaired) electrons. The maximum Gasteiger partial charge on any atom is 0.163 e. The molecule has 0 spiro atoms. The highest BCUT2D eigenvalue weighted by Crippen LogP contribution is 2.35. The second kappa shape index (κ2) is 2.59. The summed E-state index contributed by atoms with van der Waals surface area (Å²) in [6.45, 7) is 0. The Labute approximate surface area is 78.3 Å². The molecule has 1 aliphatic carbocycles. The van der Waals surface area contributed by atoms with E-state index in [2.05, 4.69) is 15.9 Å². The van der Waals surface area contributed by atoms with Gasteiger partial charge in [0, 0.05) is 17.5 Å². The third-order valence-corrected chi connectivity index (χ3v) is 2.78. The van der Waals surface area contributed by atoms with E-state index in [1.54, 1.807) is 12.1 Å². The summed E-state index contributed by atoms with van der Waals surface area (Å²) in [6, 6.07) is 3.46. The molecule has 2 rings (SSSR count). The standard InChI is InChI=1S/C9H7BrO2/c10-7-3-1-5-6(9(7)12)2-4-8(5)11/h1,3,12H,2,4H2. The molecule has 0 atom stereocenters. The molecule has 1 aromatic rings. The number of halogens is 1. The highest BCUT2D eigenvalue weighted by molar-refractivity contribution is 9.10. The Morgan fingerprint density at radius 2 is 2.08 bits per heavy atom. The van der Waals surface area contributed by atoms with E-state index >= 15 is 0 Å². The van der Waals surface area contributed by atoms with Crippen molar-refractivity contribution >= 4 is 21.7 Å². The third-order valence-electron chi connectivity index (χ3n) is 2.14. The molecule has 1 aliphatic rings.